The number of fused-ring (bicyclic) bond motifs is 1. The second kappa shape index (κ2) is 4.49. The van der Waals surface area contributed by atoms with E-state index in [-0.39, 0.29) is 0 Å². The van der Waals surface area contributed by atoms with Gasteiger partial charge in [0.15, 0.2) is 0 Å². The third-order valence-electron chi connectivity index (χ3n) is 2.60. The van der Waals surface area contributed by atoms with Gasteiger partial charge in [-0.2, -0.15) is 0 Å². The van der Waals surface area contributed by atoms with Crippen molar-refractivity contribution in [1.82, 2.24) is 10.3 Å². The molecule has 0 radical (unpaired) electrons. The minimum absolute atomic E-state index is 0.811. The summed E-state index contributed by atoms with van der Waals surface area (Å²) >= 11 is 0. The molecule has 2 rings (SSSR count). The Balaban J connectivity index is 2.44. The fraction of sp³-hybridized carbons (Fsp3) is 0.308. The summed E-state index contributed by atoms with van der Waals surface area (Å²) in [6.45, 7) is 0.811. The van der Waals surface area contributed by atoms with Crippen LogP contribution in [0.3, 0.4) is 0 Å². The summed E-state index contributed by atoms with van der Waals surface area (Å²) in [4.78, 5) is 6.68. The van der Waals surface area contributed by atoms with Crippen molar-refractivity contribution < 1.29 is 0 Å². The van der Waals surface area contributed by atoms with Gasteiger partial charge in [0, 0.05) is 31.7 Å². The minimum Gasteiger partial charge on any atom is -0.378 e. The molecule has 0 unspecified atom stereocenters. The van der Waals surface area contributed by atoms with E-state index in [4.69, 9.17) is 0 Å². The van der Waals surface area contributed by atoms with Gasteiger partial charge in [0.2, 0.25) is 0 Å². The maximum Gasteiger partial charge on any atom is 0.0707 e. The number of nitrogens with one attached hydrogen (secondary N) is 1. The molecule has 2 aromatic rings. The smallest absolute Gasteiger partial charge is 0.0707 e. The zero-order valence-electron chi connectivity index (χ0n) is 9.99. The van der Waals surface area contributed by atoms with E-state index in [0.717, 1.165) is 17.8 Å². The Morgan fingerprint density at radius 2 is 2.00 bits per heavy atom. The lowest BCUT2D eigenvalue weighted by Crippen LogP contribution is -2.09. The highest BCUT2D eigenvalue weighted by atomic mass is 15.1. The summed E-state index contributed by atoms with van der Waals surface area (Å²) in [5.41, 5.74) is 3.33. The van der Waals surface area contributed by atoms with E-state index in [0.29, 0.717) is 0 Å². The van der Waals surface area contributed by atoms with Crippen LogP contribution in [0.15, 0.2) is 30.3 Å². The normalized spacial score (nSPS) is 10.7. The molecule has 0 aliphatic carbocycles. The van der Waals surface area contributed by atoms with E-state index in [1.165, 1.54) is 11.1 Å². The van der Waals surface area contributed by atoms with Gasteiger partial charge in [0.05, 0.1) is 11.2 Å². The molecule has 84 valence electrons. The van der Waals surface area contributed by atoms with E-state index in [1.54, 1.807) is 0 Å². The van der Waals surface area contributed by atoms with E-state index in [9.17, 15) is 0 Å². The number of rotatable bonds is 3. The van der Waals surface area contributed by atoms with E-state index in [2.05, 4.69) is 45.5 Å². The summed E-state index contributed by atoms with van der Waals surface area (Å²) in [6, 6.07) is 10.5. The van der Waals surface area contributed by atoms with E-state index >= 15 is 0 Å². The molecule has 0 saturated heterocycles. The molecule has 0 saturated carbocycles. The van der Waals surface area contributed by atoms with Gasteiger partial charge in [0.25, 0.3) is 0 Å². The highest BCUT2D eigenvalue weighted by molar-refractivity contribution is 5.82. The molecule has 16 heavy (non-hydrogen) atoms. The fourth-order valence-corrected chi connectivity index (χ4v) is 1.71. The lowest BCUT2D eigenvalue weighted by Gasteiger charge is -2.13. The summed E-state index contributed by atoms with van der Waals surface area (Å²) in [7, 11) is 6.02. The topological polar surface area (TPSA) is 28.2 Å². The van der Waals surface area contributed by atoms with Gasteiger partial charge in [-0.15, -0.1) is 0 Å². The van der Waals surface area contributed by atoms with E-state index in [1.807, 2.05) is 21.1 Å². The van der Waals surface area contributed by atoms with Gasteiger partial charge in [-0.25, -0.2) is 0 Å². The molecule has 1 aromatic heterocycles. The van der Waals surface area contributed by atoms with Crippen LogP contribution in [0.5, 0.6) is 0 Å². The highest BCUT2D eigenvalue weighted by Crippen LogP contribution is 2.19. The van der Waals surface area contributed by atoms with Gasteiger partial charge in [-0.05, 0) is 31.3 Å². The number of anilines is 1. The van der Waals surface area contributed by atoms with E-state index < -0.39 is 0 Å². The average Bonchev–Trinajstić information content (AvgIpc) is 2.28. The minimum atomic E-state index is 0.811. The Morgan fingerprint density at radius 3 is 2.69 bits per heavy atom. The summed E-state index contributed by atoms with van der Waals surface area (Å²) in [5, 5.41) is 4.29. The van der Waals surface area contributed by atoms with Gasteiger partial charge < -0.3 is 10.2 Å². The Kier molecular flexibility index (Phi) is 3.06. The van der Waals surface area contributed by atoms with Crippen LogP contribution in [0.4, 0.5) is 5.69 Å². The van der Waals surface area contributed by atoms with Crippen LogP contribution in [-0.4, -0.2) is 26.1 Å². The Bertz CT molecular complexity index is 492. The molecule has 0 spiro atoms. The molecule has 0 atom stereocenters. The number of benzene rings is 1. The fourth-order valence-electron chi connectivity index (χ4n) is 1.71. The molecule has 0 aliphatic rings. The third kappa shape index (κ3) is 2.14. The predicted molar refractivity (Wildman–Crippen MR) is 68.8 cm³/mol. The van der Waals surface area contributed by atoms with Gasteiger partial charge in [0.1, 0.15) is 0 Å². The second-order valence-electron chi connectivity index (χ2n) is 4.10. The number of pyridine rings is 1. The molecule has 1 N–H and O–H groups in total. The molecule has 0 amide bonds. The largest absolute Gasteiger partial charge is 0.378 e. The Labute approximate surface area is 96.1 Å². The monoisotopic (exact) mass is 215 g/mol. The highest BCUT2D eigenvalue weighted by Gasteiger charge is 2.00. The van der Waals surface area contributed by atoms with Gasteiger partial charge >= 0.3 is 0 Å². The summed E-state index contributed by atoms with van der Waals surface area (Å²) in [6.07, 6.45) is 0. The zero-order chi connectivity index (χ0) is 11.5. The molecule has 0 bridgehead atoms. The summed E-state index contributed by atoms with van der Waals surface area (Å²) < 4.78 is 0. The predicted octanol–water partition coefficient (Wildman–Crippen LogP) is 2.02. The number of hydrogen-bond donors (Lipinski definition) is 1. The van der Waals surface area contributed by atoms with Crippen molar-refractivity contribution in [2.45, 2.75) is 6.54 Å². The first kappa shape index (κ1) is 10.9. The maximum atomic E-state index is 4.58. The zero-order valence-corrected chi connectivity index (χ0v) is 9.99. The average molecular weight is 215 g/mol. The second-order valence-corrected chi connectivity index (χ2v) is 4.10. The van der Waals surface area contributed by atoms with Gasteiger partial charge in [-0.3, -0.25) is 4.98 Å². The van der Waals surface area contributed by atoms with Crippen LogP contribution < -0.4 is 10.2 Å². The van der Waals surface area contributed by atoms with Crippen molar-refractivity contribution in [3.8, 4) is 0 Å². The lowest BCUT2D eigenvalue weighted by atomic mass is 10.1. The standard InChI is InChI=1S/C13H17N3/c1-14-9-11-5-4-10-8-12(16(2)3)6-7-13(10)15-11/h4-8,14H,9H2,1-3H3. The molecular formula is C13H17N3. The van der Waals surface area contributed by atoms with Crippen molar-refractivity contribution in [3.05, 3.63) is 36.0 Å². The van der Waals surface area contributed by atoms with Crippen LogP contribution in [0.2, 0.25) is 0 Å². The Hall–Kier alpha value is -1.61. The molecule has 0 aliphatic heterocycles. The first-order valence-corrected chi connectivity index (χ1v) is 5.42. The summed E-state index contributed by atoms with van der Waals surface area (Å²) in [5.74, 6) is 0. The van der Waals surface area contributed by atoms with Crippen LogP contribution >= 0.6 is 0 Å². The van der Waals surface area contributed by atoms with Gasteiger partial charge in [-0.1, -0.05) is 6.07 Å². The van der Waals surface area contributed by atoms with Crippen molar-refractivity contribution in [2.24, 2.45) is 0 Å². The van der Waals surface area contributed by atoms with Crippen LogP contribution in [0.1, 0.15) is 5.69 Å². The van der Waals surface area contributed by atoms with Crippen molar-refractivity contribution in [1.29, 1.82) is 0 Å². The van der Waals surface area contributed by atoms with Crippen LogP contribution in [0.25, 0.3) is 10.9 Å². The molecule has 0 fully saturated rings. The first-order chi connectivity index (χ1) is 7.70. The molecule has 3 heteroatoms. The quantitative estimate of drug-likeness (QED) is 0.849. The molecular weight excluding hydrogens is 198 g/mol. The van der Waals surface area contributed by atoms with Crippen LogP contribution in [0, 0.1) is 0 Å². The molecule has 3 nitrogen and oxygen atoms in total. The van der Waals surface area contributed by atoms with Crippen LogP contribution in [-0.2, 0) is 6.54 Å². The maximum absolute atomic E-state index is 4.58. The van der Waals surface area contributed by atoms with Crippen molar-refractivity contribution in [3.63, 3.8) is 0 Å². The number of aromatic nitrogens is 1. The number of hydrogen-bond acceptors (Lipinski definition) is 3. The number of nitrogens with zero attached hydrogens (tertiary/aromatic N) is 2. The van der Waals surface area contributed by atoms with Crippen molar-refractivity contribution in [2.75, 3.05) is 26.0 Å². The Morgan fingerprint density at radius 1 is 1.19 bits per heavy atom. The molecule has 1 aromatic carbocycles. The van der Waals surface area contributed by atoms with Crippen molar-refractivity contribution >= 4 is 16.6 Å². The first-order valence-electron chi connectivity index (χ1n) is 5.42. The molecule has 1 heterocycles. The SMILES string of the molecule is CNCc1ccc2cc(N(C)C)ccc2n1. The third-order valence-corrected chi connectivity index (χ3v) is 2.60. The lowest BCUT2D eigenvalue weighted by molar-refractivity contribution is 0.795.